The van der Waals surface area contributed by atoms with Crippen LogP contribution in [0.25, 0.3) is 0 Å². The van der Waals surface area contributed by atoms with E-state index in [1.807, 2.05) is 0 Å². The highest BCUT2D eigenvalue weighted by Gasteiger charge is 2.21. The van der Waals surface area contributed by atoms with Gasteiger partial charge in [-0.3, -0.25) is 4.21 Å². The molecule has 19 heavy (non-hydrogen) atoms. The van der Waals surface area contributed by atoms with E-state index in [4.69, 9.17) is 5.84 Å². The highest BCUT2D eigenvalue weighted by atomic mass is 79.9. The largest absolute Gasteiger partial charge is 0.307 e. The van der Waals surface area contributed by atoms with Crippen LogP contribution in [0.15, 0.2) is 21.6 Å². The molecule has 1 aromatic rings. The second kappa shape index (κ2) is 6.75. The average Bonchev–Trinajstić information content (AvgIpc) is 2.35. The van der Waals surface area contributed by atoms with Crippen molar-refractivity contribution in [2.24, 2.45) is 5.84 Å². The Morgan fingerprint density at radius 1 is 1.58 bits per heavy atom. The van der Waals surface area contributed by atoms with Crippen LogP contribution in [0.5, 0.6) is 0 Å². The maximum atomic E-state index is 12.1. The van der Waals surface area contributed by atoms with E-state index in [-0.39, 0.29) is 22.5 Å². The van der Waals surface area contributed by atoms with Crippen molar-refractivity contribution in [3.63, 3.8) is 0 Å². The fraction of sp³-hybridized carbons (Fsp3) is 0.444. The summed E-state index contributed by atoms with van der Waals surface area (Å²) in [6.45, 7) is 1.77. The lowest BCUT2D eigenvalue weighted by Gasteiger charge is -2.13. The standard InChI is InChI=1S/C9H15BrN4O3S2/c1-6(18(2)15)4-13-19(16,17)8-3-7(10)5-12-9(8)14-11/h3,5-6,13H,4,11H2,1-2H3,(H,12,14). The number of nitrogens with zero attached hydrogens (tertiary/aromatic N) is 1. The summed E-state index contributed by atoms with van der Waals surface area (Å²) in [4.78, 5) is 3.79. The molecule has 0 aliphatic heterocycles. The molecule has 0 aliphatic carbocycles. The topological polar surface area (TPSA) is 114 Å². The molecule has 0 aromatic carbocycles. The number of nitrogens with two attached hydrogens (primary N) is 1. The molecule has 0 bridgehead atoms. The quantitative estimate of drug-likeness (QED) is 0.485. The summed E-state index contributed by atoms with van der Waals surface area (Å²) in [5.41, 5.74) is 2.23. The molecule has 1 aromatic heterocycles. The molecule has 108 valence electrons. The van der Waals surface area contributed by atoms with Crippen molar-refractivity contribution in [1.82, 2.24) is 9.71 Å². The molecule has 10 heteroatoms. The van der Waals surface area contributed by atoms with Gasteiger partial charge < -0.3 is 5.43 Å². The van der Waals surface area contributed by atoms with Crippen molar-refractivity contribution in [2.75, 3.05) is 18.2 Å². The van der Waals surface area contributed by atoms with Crippen molar-refractivity contribution >= 4 is 42.6 Å². The first-order chi connectivity index (χ1) is 8.77. The molecule has 0 amide bonds. The van der Waals surface area contributed by atoms with Crippen molar-refractivity contribution in [3.05, 3.63) is 16.7 Å². The van der Waals surface area contributed by atoms with E-state index in [1.54, 1.807) is 6.92 Å². The van der Waals surface area contributed by atoms with Crippen LogP contribution in [0.1, 0.15) is 6.92 Å². The first-order valence-corrected chi connectivity index (χ1v) is 9.11. The van der Waals surface area contributed by atoms with Gasteiger partial charge in [0.25, 0.3) is 0 Å². The molecule has 4 N–H and O–H groups in total. The fourth-order valence-electron chi connectivity index (χ4n) is 1.16. The van der Waals surface area contributed by atoms with Gasteiger partial charge in [-0.2, -0.15) is 0 Å². The van der Waals surface area contributed by atoms with Gasteiger partial charge in [-0.1, -0.05) is 0 Å². The van der Waals surface area contributed by atoms with Gasteiger partial charge in [-0.15, -0.1) is 0 Å². The van der Waals surface area contributed by atoms with Gasteiger partial charge in [0.1, 0.15) is 4.90 Å². The number of hydrogen-bond donors (Lipinski definition) is 3. The Morgan fingerprint density at radius 3 is 2.74 bits per heavy atom. The average molecular weight is 371 g/mol. The van der Waals surface area contributed by atoms with Gasteiger partial charge in [0.2, 0.25) is 10.0 Å². The van der Waals surface area contributed by atoms with Crippen LogP contribution < -0.4 is 16.0 Å². The first-order valence-electron chi connectivity index (χ1n) is 5.22. The number of aromatic nitrogens is 1. The summed E-state index contributed by atoms with van der Waals surface area (Å²) in [5.74, 6) is 5.28. The normalized spacial score (nSPS) is 14.9. The predicted molar refractivity (Wildman–Crippen MR) is 78.5 cm³/mol. The van der Waals surface area contributed by atoms with Crippen molar-refractivity contribution in [1.29, 1.82) is 0 Å². The minimum Gasteiger partial charge on any atom is -0.307 e. The molecule has 0 radical (unpaired) electrons. The number of hydrogen-bond acceptors (Lipinski definition) is 6. The first kappa shape index (κ1) is 16.5. The highest BCUT2D eigenvalue weighted by molar-refractivity contribution is 9.10. The maximum Gasteiger partial charge on any atom is 0.244 e. The number of halogens is 1. The molecule has 2 unspecified atom stereocenters. The molecule has 0 aliphatic rings. The lowest BCUT2D eigenvalue weighted by atomic mass is 10.5. The van der Waals surface area contributed by atoms with Gasteiger partial charge in [0.05, 0.1) is 0 Å². The number of rotatable bonds is 6. The summed E-state index contributed by atoms with van der Waals surface area (Å²) >= 11 is 3.15. The zero-order valence-corrected chi connectivity index (χ0v) is 13.6. The Morgan fingerprint density at radius 2 is 2.21 bits per heavy atom. The maximum absolute atomic E-state index is 12.1. The number of sulfonamides is 1. The Balaban J connectivity index is 3.00. The second-order valence-corrected chi connectivity index (χ2v) is 8.26. The predicted octanol–water partition coefficient (Wildman–Crippen LogP) is 0.175. The zero-order chi connectivity index (χ0) is 14.6. The van der Waals surface area contributed by atoms with Gasteiger partial charge in [0, 0.05) is 39.5 Å². The Bertz CT molecular complexity index is 579. The molecular formula is C9H15BrN4O3S2. The van der Waals surface area contributed by atoms with Crippen LogP contribution in [0.4, 0.5) is 5.82 Å². The summed E-state index contributed by atoms with van der Waals surface area (Å²) in [7, 11) is -4.88. The van der Waals surface area contributed by atoms with Crippen molar-refractivity contribution in [3.8, 4) is 0 Å². The molecule has 1 heterocycles. The number of nitrogen functional groups attached to an aromatic ring is 1. The minimum atomic E-state index is -3.77. The molecule has 0 fully saturated rings. The molecule has 0 saturated heterocycles. The van der Waals surface area contributed by atoms with Gasteiger partial charge in [-0.05, 0) is 28.9 Å². The lowest BCUT2D eigenvalue weighted by molar-refractivity contribution is 0.580. The number of pyridine rings is 1. The molecule has 2 atom stereocenters. The van der Waals surface area contributed by atoms with Crippen molar-refractivity contribution < 1.29 is 12.6 Å². The summed E-state index contributed by atoms with van der Waals surface area (Å²) in [6.07, 6.45) is 2.95. The Labute approximate surface area is 123 Å². The van der Waals surface area contributed by atoms with Crippen LogP contribution >= 0.6 is 15.9 Å². The molecule has 0 saturated carbocycles. The fourth-order valence-corrected chi connectivity index (χ4v) is 3.34. The minimum absolute atomic E-state index is 0.0426. The lowest BCUT2D eigenvalue weighted by Crippen LogP contribution is -2.33. The SMILES string of the molecule is CC(CNS(=O)(=O)c1cc(Br)cnc1NN)S(C)=O. The Kier molecular flexibility index (Phi) is 5.86. The third kappa shape index (κ3) is 4.49. The van der Waals surface area contributed by atoms with E-state index >= 15 is 0 Å². The summed E-state index contributed by atoms with van der Waals surface area (Å²) < 4.78 is 38.3. The van der Waals surface area contributed by atoms with Crippen LogP contribution in [0.2, 0.25) is 0 Å². The van der Waals surface area contributed by atoms with E-state index in [1.165, 1.54) is 18.5 Å². The molecular weight excluding hydrogens is 356 g/mol. The van der Waals surface area contributed by atoms with Gasteiger partial charge in [0.15, 0.2) is 5.82 Å². The molecule has 0 spiro atoms. The molecule has 7 nitrogen and oxygen atoms in total. The third-order valence-corrected chi connectivity index (χ3v) is 5.54. The Hall–Kier alpha value is -0.550. The van der Waals surface area contributed by atoms with E-state index in [0.29, 0.717) is 4.47 Å². The van der Waals surface area contributed by atoms with Crippen LogP contribution in [0, 0.1) is 0 Å². The molecule has 1 rings (SSSR count). The highest BCUT2D eigenvalue weighted by Crippen LogP contribution is 2.21. The summed E-state index contributed by atoms with van der Waals surface area (Å²) in [6, 6.07) is 1.39. The van der Waals surface area contributed by atoms with E-state index in [9.17, 15) is 12.6 Å². The van der Waals surface area contributed by atoms with Gasteiger partial charge in [-0.25, -0.2) is 24.0 Å². The smallest absolute Gasteiger partial charge is 0.244 e. The monoisotopic (exact) mass is 370 g/mol. The van der Waals surface area contributed by atoms with Crippen molar-refractivity contribution in [2.45, 2.75) is 17.1 Å². The van der Waals surface area contributed by atoms with Gasteiger partial charge >= 0.3 is 0 Å². The number of hydrazine groups is 1. The van der Waals surface area contributed by atoms with Crippen LogP contribution in [-0.4, -0.2) is 35.7 Å². The second-order valence-electron chi connectivity index (χ2n) is 3.81. The van der Waals surface area contributed by atoms with E-state index < -0.39 is 20.8 Å². The summed E-state index contributed by atoms with van der Waals surface area (Å²) in [5, 5.41) is -0.288. The number of anilines is 1. The number of nitrogens with one attached hydrogen (secondary N) is 2. The van der Waals surface area contributed by atoms with E-state index in [0.717, 1.165) is 0 Å². The zero-order valence-electron chi connectivity index (χ0n) is 10.4. The third-order valence-electron chi connectivity index (χ3n) is 2.37. The van der Waals surface area contributed by atoms with E-state index in [2.05, 4.69) is 31.1 Å². The van der Waals surface area contributed by atoms with Crippen LogP contribution in [0.3, 0.4) is 0 Å². The van der Waals surface area contributed by atoms with Crippen LogP contribution in [-0.2, 0) is 20.8 Å².